The minimum atomic E-state index is -0.519. The Morgan fingerprint density at radius 1 is 1.29 bits per heavy atom. The van der Waals surface area contributed by atoms with Crippen molar-refractivity contribution in [3.05, 3.63) is 47.7 Å². The van der Waals surface area contributed by atoms with Crippen molar-refractivity contribution in [1.82, 2.24) is 15.1 Å². The molecule has 24 heavy (non-hydrogen) atoms. The number of anilines is 1. The number of aryl methyl sites for hydroxylation is 1. The van der Waals surface area contributed by atoms with Gasteiger partial charge in [0.1, 0.15) is 5.82 Å². The zero-order valence-corrected chi connectivity index (χ0v) is 13.9. The van der Waals surface area contributed by atoms with Crippen molar-refractivity contribution >= 4 is 17.8 Å². The first-order chi connectivity index (χ1) is 11.6. The molecule has 2 rings (SSSR count). The minimum absolute atomic E-state index is 0.161. The summed E-state index contributed by atoms with van der Waals surface area (Å²) >= 11 is 0. The molecule has 1 heterocycles. The Hall–Kier alpha value is -2.83. The number of rotatable bonds is 7. The summed E-state index contributed by atoms with van der Waals surface area (Å²) in [4.78, 5) is 23.1. The number of ether oxygens (including phenoxy) is 1. The van der Waals surface area contributed by atoms with Gasteiger partial charge in [0.25, 0.3) is 0 Å². The zero-order chi connectivity index (χ0) is 17.4. The average Bonchev–Trinajstić information content (AvgIpc) is 2.94. The van der Waals surface area contributed by atoms with E-state index in [1.807, 2.05) is 25.1 Å². The quantitative estimate of drug-likeness (QED) is 0.816. The van der Waals surface area contributed by atoms with Crippen molar-refractivity contribution in [2.45, 2.75) is 26.8 Å². The number of alkyl carbamates (subject to hydrolysis) is 1. The van der Waals surface area contributed by atoms with Crippen LogP contribution < -0.4 is 10.6 Å². The summed E-state index contributed by atoms with van der Waals surface area (Å²) in [6.07, 6.45) is 1.28. The van der Waals surface area contributed by atoms with E-state index in [4.69, 9.17) is 4.74 Å². The van der Waals surface area contributed by atoms with Crippen LogP contribution >= 0.6 is 0 Å². The molecule has 0 spiro atoms. The van der Waals surface area contributed by atoms with Gasteiger partial charge in [-0.05, 0) is 19.4 Å². The number of hydrogen-bond donors (Lipinski definition) is 2. The molecule has 2 aromatic rings. The zero-order valence-electron chi connectivity index (χ0n) is 13.9. The molecule has 0 saturated carbocycles. The number of benzene rings is 1. The van der Waals surface area contributed by atoms with E-state index in [1.165, 1.54) is 5.56 Å². The maximum atomic E-state index is 12.0. The van der Waals surface area contributed by atoms with Gasteiger partial charge in [-0.2, -0.15) is 5.10 Å². The number of carbonyl (C=O) groups excluding carboxylic acids is 2. The van der Waals surface area contributed by atoms with Gasteiger partial charge in [0, 0.05) is 19.0 Å². The van der Waals surface area contributed by atoms with Crippen molar-refractivity contribution in [3.63, 3.8) is 0 Å². The maximum Gasteiger partial charge on any atom is 0.407 e. The molecule has 0 atom stereocenters. The highest BCUT2D eigenvalue weighted by Crippen LogP contribution is 2.11. The number of hydrogen-bond acceptors (Lipinski definition) is 4. The van der Waals surface area contributed by atoms with E-state index in [1.54, 1.807) is 23.9 Å². The van der Waals surface area contributed by atoms with Gasteiger partial charge >= 0.3 is 6.09 Å². The summed E-state index contributed by atoms with van der Waals surface area (Å²) in [7, 11) is 0. The van der Waals surface area contributed by atoms with Crippen LogP contribution in [-0.4, -0.2) is 34.9 Å². The first-order valence-corrected chi connectivity index (χ1v) is 7.86. The van der Waals surface area contributed by atoms with Crippen molar-refractivity contribution < 1.29 is 14.3 Å². The van der Waals surface area contributed by atoms with Crippen molar-refractivity contribution in [2.24, 2.45) is 0 Å². The molecule has 2 N–H and O–H groups in total. The second-order valence-corrected chi connectivity index (χ2v) is 5.31. The van der Waals surface area contributed by atoms with Crippen LogP contribution in [0.4, 0.5) is 10.6 Å². The molecule has 0 fully saturated rings. The van der Waals surface area contributed by atoms with Crippen LogP contribution in [0.2, 0.25) is 0 Å². The van der Waals surface area contributed by atoms with Crippen LogP contribution in [0.25, 0.3) is 0 Å². The lowest BCUT2D eigenvalue weighted by Gasteiger charge is -2.10. The largest absolute Gasteiger partial charge is 0.450 e. The molecule has 1 aromatic carbocycles. The molecule has 0 bridgehead atoms. The molecule has 0 radical (unpaired) electrons. The molecule has 2 amide bonds. The lowest BCUT2D eigenvalue weighted by Crippen LogP contribution is -2.28. The molecule has 128 valence electrons. The first kappa shape index (κ1) is 17.5. The molecule has 0 aliphatic rings. The van der Waals surface area contributed by atoms with Gasteiger partial charge in [-0.25, -0.2) is 9.48 Å². The van der Waals surface area contributed by atoms with Crippen LogP contribution in [0.3, 0.4) is 0 Å². The summed E-state index contributed by atoms with van der Waals surface area (Å²) in [5.41, 5.74) is 2.29. The fourth-order valence-corrected chi connectivity index (χ4v) is 2.21. The molecular weight excluding hydrogens is 308 g/mol. The van der Waals surface area contributed by atoms with Crippen LogP contribution in [0, 0.1) is 6.92 Å². The Kier molecular flexibility index (Phi) is 6.36. The predicted molar refractivity (Wildman–Crippen MR) is 90.8 cm³/mol. The SMILES string of the molecule is CCOC(=O)NCCC(=O)Nc1ccnn1Cc1cccc(C)c1. The average molecular weight is 330 g/mol. The van der Waals surface area contributed by atoms with Gasteiger partial charge in [0.2, 0.25) is 5.91 Å². The van der Waals surface area contributed by atoms with E-state index in [9.17, 15) is 9.59 Å². The monoisotopic (exact) mass is 330 g/mol. The maximum absolute atomic E-state index is 12.0. The first-order valence-electron chi connectivity index (χ1n) is 7.86. The summed E-state index contributed by atoms with van der Waals surface area (Å²) < 4.78 is 6.46. The summed E-state index contributed by atoms with van der Waals surface area (Å²) in [5.74, 6) is 0.426. The van der Waals surface area contributed by atoms with Crippen LogP contribution in [0.5, 0.6) is 0 Å². The summed E-state index contributed by atoms with van der Waals surface area (Å²) in [6, 6.07) is 9.87. The predicted octanol–water partition coefficient (Wildman–Crippen LogP) is 2.31. The molecular formula is C17H22N4O3. The Labute approximate surface area is 141 Å². The van der Waals surface area contributed by atoms with E-state index in [2.05, 4.69) is 21.8 Å². The number of nitrogens with zero attached hydrogens (tertiary/aromatic N) is 2. The normalized spacial score (nSPS) is 10.2. The van der Waals surface area contributed by atoms with E-state index in [-0.39, 0.29) is 18.9 Å². The second-order valence-electron chi connectivity index (χ2n) is 5.31. The van der Waals surface area contributed by atoms with Gasteiger partial charge in [0.15, 0.2) is 0 Å². The second kappa shape index (κ2) is 8.71. The molecule has 0 unspecified atom stereocenters. The Bertz CT molecular complexity index is 697. The lowest BCUT2D eigenvalue weighted by molar-refractivity contribution is -0.116. The van der Waals surface area contributed by atoms with Gasteiger partial charge in [-0.1, -0.05) is 29.8 Å². The Morgan fingerprint density at radius 3 is 2.88 bits per heavy atom. The number of amides is 2. The smallest absolute Gasteiger partial charge is 0.407 e. The molecule has 0 saturated heterocycles. The Balaban J connectivity index is 1.86. The Morgan fingerprint density at radius 2 is 2.12 bits per heavy atom. The van der Waals surface area contributed by atoms with Crippen LogP contribution in [0.15, 0.2) is 36.5 Å². The van der Waals surface area contributed by atoms with Crippen LogP contribution in [0.1, 0.15) is 24.5 Å². The van der Waals surface area contributed by atoms with Crippen molar-refractivity contribution in [2.75, 3.05) is 18.5 Å². The van der Waals surface area contributed by atoms with Crippen molar-refractivity contribution in [1.29, 1.82) is 0 Å². The van der Waals surface area contributed by atoms with E-state index >= 15 is 0 Å². The van der Waals surface area contributed by atoms with Gasteiger partial charge in [-0.3, -0.25) is 4.79 Å². The molecule has 7 nitrogen and oxygen atoms in total. The lowest BCUT2D eigenvalue weighted by atomic mass is 10.1. The van der Waals surface area contributed by atoms with E-state index in [0.29, 0.717) is 19.0 Å². The fraction of sp³-hybridized carbons (Fsp3) is 0.353. The van der Waals surface area contributed by atoms with Gasteiger partial charge in [0.05, 0.1) is 19.3 Å². The van der Waals surface area contributed by atoms with Crippen LogP contribution in [-0.2, 0) is 16.1 Å². The topological polar surface area (TPSA) is 85.2 Å². The third kappa shape index (κ3) is 5.42. The standard InChI is InChI=1S/C17H22N4O3/c1-3-24-17(23)18-9-8-16(22)20-15-7-10-19-21(15)12-14-6-4-5-13(2)11-14/h4-7,10-11H,3,8-9,12H2,1-2H3,(H,18,23)(H,20,22). The third-order valence-electron chi connectivity index (χ3n) is 3.30. The number of aromatic nitrogens is 2. The third-order valence-corrected chi connectivity index (χ3v) is 3.30. The molecule has 0 aliphatic carbocycles. The van der Waals surface area contributed by atoms with E-state index in [0.717, 1.165) is 5.56 Å². The molecule has 7 heteroatoms. The van der Waals surface area contributed by atoms with E-state index < -0.39 is 6.09 Å². The van der Waals surface area contributed by atoms with Gasteiger partial charge < -0.3 is 15.4 Å². The fourth-order valence-electron chi connectivity index (χ4n) is 2.21. The highest BCUT2D eigenvalue weighted by Gasteiger charge is 2.09. The van der Waals surface area contributed by atoms with Gasteiger partial charge in [-0.15, -0.1) is 0 Å². The summed E-state index contributed by atoms with van der Waals surface area (Å²) in [6.45, 7) is 4.85. The highest BCUT2D eigenvalue weighted by atomic mass is 16.5. The molecule has 1 aromatic heterocycles. The molecule has 0 aliphatic heterocycles. The number of carbonyl (C=O) groups is 2. The minimum Gasteiger partial charge on any atom is -0.450 e. The van der Waals surface area contributed by atoms with Crippen molar-refractivity contribution in [3.8, 4) is 0 Å². The summed E-state index contributed by atoms with van der Waals surface area (Å²) in [5, 5.41) is 9.55. The highest BCUT2D eigenvalue weighted by molar-refractivity contribution is 5.90. The number of nitrogens with one attached hydrogen (secondary N) is 2.